The number of hydrogen-bond acceptors (Lipinski definition) is 2. The van der Waals surface area contributed by atoms with Crippen LogP contribution < -0.4 is 5.32 Å². The van der Waals surface area contributed by atoms with Gasteiger partial charge in [0.15, 0.2) is 0 Å². The summed E-state index contributed by atoms with van der Waals surface area (Å²) in [5, 5.41) is 13.1. The highest BCUT2D eigenvalue weighted by molar-refractivity contribution is 4.88. The third-order valence-electron chi connectivity index (χ3n) is 4.43. The highest BCUT2D eigenvalue weighted by atomic mass is 16.3. The highest BCUT2D eigenvalue weighted by Gasteiger charge is 2.34. The van der Waals surface area contributed by atoms with Crippen LogP contribution in [-0.2, 0) is 0 Å². The monoisotopic (exact) mass is 211 g/mol. The maximum Gasteiger partial charge on any atom is 0.0499 e. The third-order valence-corrected chi connectivity index (χ3v) is 4.43. The van der Waals surface area contributed by atoms with Gasteiger partial charge >= 0.3 is 0 Å². The van der Waals surface area contributed by atoms with E-state index in [9.17, 15) is 5.11 Å². The molecule has 0 aromatic rings. The second-order valence-corrected chi connectivity index (χ2v) is 5.82. The molecule has 0 aromatic carbocycles. The molecule has 0 spiro atoms. The van der Waals surface area contributed by atoms with Gasteiger partial charge in [-0.25, -0.2) is 0 Å². The van der Waals surface area contributed by atoms with Gasteiger partial charge in [-0.05, 0) is 37.6 Å². The Labute approximate surface area is 93.5 Å². The molecule has 0 aromatic heterocycles. The predicted octanol–water partition coefficient (Wildman–Crippen LogP) is 2.17. The number of aliphatic hydroxyl groups is 1. The topological polar surface area (TPSA) is 32.3 Å². The van der Waals surface area contributed by atoms with E-state index in [1.165, 1.54) is 45.1 Å². The predicted molar refractivity (Wildman–Crippen MR) is 62.7 cm³/mol. The summed E-state index contributed by atoms with van der Waals surface area (Å²) in [6.07, 6.45) is 7.82. The summed E-state index contributed by atoms with van der Waals surface area (Å²) in [5.41, 5.74) is 0.219. The van der Waals surface area contributed by atoms with Crippen molar-refractivity contribution < 1.29 is 5.11 Å². The fourth-order valence-electron chi connectivity index (χ4n) is 2.90. The Balaban J connectivity index is 1.69. The SMILES string of the molecule is CC1CC1CNCC1(CO)CCCCC1. The van der Waals surface area contributed by atoms with E-state index in [-0.39, 0.29) is 5.41 Å². The zero-order valence-corrected chi connectivity index (χ0v) is 9.97. The van der Waals surface area contributed by atoms with Crippen LogP contribution in [0.4, 0.5) is 0 Å². The highest BCUT2D eigenvalue weighted by Crippen LogP contribution is 2.38. The molecule has 2 heteroatoms. The van der Waals surface area contributed by atoms with E-state index in [0.29, 0.717) is 6.61 Å². The lowest BCUT2D eigenvalue weighted by Crippen LogP contribution is -2.39. The van der Waals surface area contributed by atoms with Crippen molar-refractivity contribution in [1.29, 1.82) is 0 Å². The Kier molecular flexibility index (Phi) is 3.68. The molecule has 2 atom stereocenters. The second kappa shape index (κ2) is 4.84. The summed E-state index contributed by atoms with van der Waals surface area (Å²) in [6.45, 7) is 4.91. The van der Waals surface area contributed by atoms with Gasteiger partial charge in [0.05, 0.1) is 0 Å². The molecule has 2 aliphatic rings. The molecule has 2 nitrogen and oxygen atoms in total. The van der Waals surface area contributed by atoms with Crippen LogP contribution in [0.2, 0.25) is 0 Å². The minimum atomic E-state index is 0.219. The summed E-state index contributed by atoms with van der Waals surface area (Å²) < 4.78 is 0. The maximum atomic E-state index is 9.53. The van der Waals surface area contributed by atoms with Crippen LogP contribution in [0.3, 0.4) is 0 Å². The Morgan fingerprint density at radius 1 is 1.27 bits per heavy atom. The Bertz CT molecular complexity index is 199. The largest absolute Gasteiger partial charge is 0.396 e. The molecule has 2 unspecified atom stereocenters. The average Bonchev–Trinajstić information content (AvgIpc) is 2.96. The van der Waals surface area contributed by atoms with Crippen LogP contribution in [0.25, 0.3) is 0 Å². The molecule has 2 N–H and O–H groups in total. The van der Waals surface area contributed by atoms with Crippen molar-refractivity contribution in [2.45, 2.75) is 45.4 Å². The lowest BCUT2D eigenvalue weighted by molar-refractivity contribution is 0.0811. The minimum Gasteiger partial charge on any atom is -0.396 e. The first-order chi connectivity index (χ1) is 7.26. The van der Waals surface area contributed by atoms with Crippen LogP contribution in [0, 0.1) is 17.3 Å². The van der Waals surface area contributed by atoms with E-state index < -0.39 is 0 Å². The van der Waals surface area contributed by atoms with E-state index in [4.69, 9.17) is 0 Å². The van der Waals surface area contributed by atoms with E-state index in [2.05, 4.69) is 12.2 Å². The van der Waals surface area contributed by atoms with Gasteiger partial charge in [-0.3, -0.25) is 0 Å². The second-order valence-electron chi connectivity index (χ2n) is 5.82. The summed E-state index contributed by atoms with van der Waals surface area (Å²) in [7, 11) is 0. The van der Waals surface area contributed by atoms with Gasteiger partial charge in [0, 0.05) is 18.6 Å². The molecule has 2 saturated carbocycles. The molecule has 0 radical (unpaired) electrons. The van der Waals surface area contributed by atoms with Crippen LogP contribution >= 0.6 is 0 Å². The van der Waals surface area contributed by atoms with Crippen LogP contribution in [0.5, 0.6) is 0 Å². The molecule has 0 aliphatic heterocycles. The lowest BCUT2D eigenvalue weighted by atomic mass is 9.74. The standard InChI is InChI=1S/C13H25NO/c1-11-7-12(11)8-14-9-13(10-15)5-3-2-4-6-13/h11-12,14-15H,2-10H2,1H3. The molecule has 0 bridgehead atoms. The smallest absolute Gasteiger partial charge is 0.0499 e. The molecule has 15 heavy (non-hydrogen) atoms. The lowest BCUT2D eigenvalue weighted by Gasteiger charge is -2.35. The van der Waals surface area contributed by atoms with Gasteiger partial charge in [-0.1, -0.05) is 26.2 Å². The van der Waals surface area contributed by atoms with Crippen LogP contribution in [0.15, 0.2) is 0 Å². The summed E-state index contributed by atoms with van der Waals surface area (Å²) in [5.74, 6) is 1.86. The molecule has 0 amide bonds. The van der Waals surface area contributed by atoms with Crippen molar-refractivity contribution >= 4 is 0 Å². The van der Waals surface area contributed by atoms with Crippen molar-refractivity contribution in [3.05, 3.63) is 0 Å². The molecular weight excluding hydrogens is 186 g/mol. The van der Waals surface area contributed by atoms with Gasteiger partial charge in [0.1, 0.15) is 0 Å². The molecule has 88 valence electrons. The van der Waals surface area contributed by atoms with Crippen molar-refractivity contribution in [3.8, 4) is 0 Å². The van der Waals surface area contributed by atoms with E-state index in [1.807, 2.05) is 0 Å². The average molecular weight is 211 g/mol. The van der Waals surface area contributed by atoms with Gasteiger partial charge in [0.2, 0.25) is 0 Å². The van der Waals surface area contributed by atoms with Crippen molar-refractivity contribution in [2.75, 3.05) is 19.7 Å². The first-order valence-corrected chi connectivity index (χ1v) is 6.57. The fourth-order valence-corrected chi connectivity index (χ4v) is 2.90. The van der Waals surface area contributed by atoms with E-state index in [0.717, 1.165) is 18.4 Å². The van der Waals surface area contributed by atoms with E-state index >= 15 is 0 Å². The van der Waals surface area contributed by atoms with Crippen LogP contribution in [-0.4, -0.2) is 24.8 Å². The Hall–Kier alpha value is -0.0800. The van der Waals surface area contributed by atoms with Crippen LogP contribution in [0.1, 0.15) is 45.4 Å². The minimum absolute atomic E-state index is 0.219. The normalized spacial score (nSPS) is 34.0. The molecule has 0 heterocycles. The number of rotatable bonds is 5. The number of hydrogen-bond donors (Lipinski definition) is 2. The summed E-state index contributed by atoms with van der Waals surface area (Å²) >= 11 is 0. The molecule has 0 saturated heterocycles. The summed E-state index contributed by atoms with van der Waals surface area (Å²) in [6, 6.07) is 0. The van der Waals surface area contributed by atoms with Gasteiger partial charge in [-0.2, -0.15) is 0 Å². The maximum absolute atomic E-state index is 9.53. The quantitative estimate of drug-likeness (QED) is 0.730. The zero-order valence-electron chi connectivity index (χ0n) is 9.97. The molecule has 2 aliphatic carbocycles. The number of aliphatic hydroxyl groups excluding tert-OH is 1. The zero-order chi connectivity index (χ0) is 10.7. The Morgan fingerprint density at radius 2 is 1.93 bits per heavy atom. The summed E-state index contributed by atoms with van der Waals surface area (Å²) in [4.78, 5) is 0. The molecule has 2 fully saturated rings. The first-order valence-electron chi connectivity index (χ1n) is 6.57. The first kappa shape index (κ1) is 11.4. The van der Waals surface area contributed by atoms with Crippen molar-refractivity contribution in [2.24, 2.45) is 17.3 Å². The van der Waals surface area contributed by atoms with Gasteiger partial charge < -0.3 is 10.4 Å². The molecule has 2 rings (SSSR count). The fraction of sp³-hybridized carbons (Fsp3) is 1.00. The third kappa shape index (κ3) is 2.94. The number of nitrogens with one attached hydrogen (secondary N) is 1. The van der Waals surface area contributed by atoms with Gasteiger partial charge in [0.25, 0.3) is 0 Å². The van der Waals surface area contributed by atoms with E-state index in [1.54, 1.807) is 0 Å². The Morgan fingerprint density at radius 3 is 2.47 bits per heavy atom. The van der Waals surface area contributed by atoms with Crippen molar-refractivity contribution in [3.63, 3.8) is 0 Å². The molecular formula is C13H25NO. The van der Waals surface area contributed by atoms with Crippen molar-refractivity contribution in [1.82, 2.24) is 5.32 Å². The van der Waals surface area contributed by atoms with Gasteiger partial charge in [-0.15, -0.1) is 0 Å².